The Morgan fingerprint density at radius 3 is 2.32 bits per heavy atom. The minimum Gasteiger partial charge on any atom is -0.368 e. The number of carbonyl (C=O) groups is 1. The number of nitrogens with zero attached hydrogens (tertiary/aromatic N) is 2. The van der Waals surface area contributed by atoms with Gasteiger partial charge in [-0.25, -0.2) is 4.98 Å². The van der Waals surface area contributed by atoms with Gasteiger partial charge in [-0.3, -0.25) is 9.20 Å². The van der Waals surface area contributed by atoms with Crippen molar-refractivity contribution in [3.63, 3.8) is 0 Å². The van der Waals surface area contributed by atoms with Gasteiger partial charge in [0.2, 0.25) is 5.91 Å². The van der Waals surface area contributed by atoms with Crippen LogP contribution in [0.3, 0.4) is 0 Å². The van der Waals surface area contributed by atoms with Crippen molar-refractivity contribution in [2.24, 2.45) is 11.7 Å². The number of amides is 1. The van der Waals surface area contributed by atoms with Gasteiger partial charge in [0.1, 0.15) is 11.5 Å². The lowest BCUT2D eigenvalue weighted by atomic mass is 9.87. The van der Waals surface area contributed by atoms with E-state index in [1.807, 2.05) is 19.1 Å². The third-order valence-corrected chi connectivity index (χ3v) is 5.49. The van der Waals surface area contributed by atoms with E-state index < -0.39 is 11.9 Å². The predicted octanol–water partition coefficient (Wildman–Crippen LogP) is 5.44. The van der Waals surface area contributed by atoms with Gasteiger partial charge in [-0.15, -0.1) is 0 Å². The van der Waals surface area contributed by atoms with Crippen LogP contribution >= 0.6 is 0 Å². The number of imidazole rings is 1. The van der Waals surface area contributed by atoms with Gasteiger partial charge in [-0.1, -0.05) is 30.7 Å². The Balaban J connectivity index is 0.000000229. The number of pyridine rings is 1. The van der Waals surface area contributed by atoms with E-state index in [-0.39, 0.29) is 5.91 Å². The van der Waals surface area contributed by atoms with Crippen LogP contribution in [0.1, 0.15) is 54.2 Å². The van der Waals surface area contributed by atoms with Crippen LogP contribution in [-0.4, -0.2) is 21.3 Å². The third kappa shape index (κ3) is 5.99. The standard InChI is InChI=1S/C15H18F3N3.C8H9NO/c1-10-5-7-11(8-6-10)19-13-3-2-4-14-20-12(9-21(13)14)15(16,17)18;1-6-2-4-7(5-3-6)8(9)10/h2-4,9-11,19H,5-8H2,1H3;2-5H,1H3,(H2,9,10). The summed E-state index contributed by atoms with van der Waals surface area (Å²) >= 11 is 0. The van der Waals surface area contributed by atoms with Crippen molar-refractivity contribution >= 4 is 17.4 Å². The minimum atomic E-state index is -4.41. The Bertz CT molecular complexity index is 1020. The fourth-order valence-electron chi connectivity index (χ4n) is 3.60. The quantitative estimate of drug-likeness (QED) is 0.579. The summed E-state index contributed by atoms with van der Waals surface area (Å²) in [6.07, 6.45) is 1.07. The summed E-state index contributed by atoms with van der Waals surface area (Å²) in [5.74, 6) is 1.04. The number of primary amides is 1. The maximum atomic E-state index is 12.8. The highest BCUT2D eigenvalue weighted by Gasteiger charge is 2.34. The van der Waals surface area contributed by atoms with Crippen LogP contribution in [0.4, 0.5) is 19.0 Å². The number of halogens is 3. The minimum absolute atomic E-state index is 0.316. The average molecular weight is 432 g/mol. The molecule has 1 aliphatic carbocycles. The van der Waals surface area contributed by atoms with Gasteiger partial charge in [0.15, 0.2) is 5.69 Å². The van der Waals surface area contributed by atoms with Gasteiger partial charge in [0.25, 0.3) is 0 Å². The normalized spacial score (nSPS) is 18.9. The van der Waals surface area contributed by atoms with Gasteiger partial charge in [0.05, 0.1) is 0 Å². The number of alkyl halides is 3. The molecule has 0 unspecified atom stereocenters. The summed E-state index contributed by atoms with van der Waals surface area (Å²) in [6.45, 7) is 4.20. The second-order valence-electron chi connectivity index (χ2n) is 8.09. The number of hydrogen-bond donors (Lipinski definition) is 2. The number of aryl methyl sites for hydroxylation is 1. The predicted molar refractivity (Wildman–Crippen MR) is 115 cm³/mol. The largest absolute Gasteiger partial charge is 0.434 e. The Morgan fingerprint density at radius 1 is 1.10 bits per heavy atom. The van der Waals surface area contributed by atoms with Crippen molar-refractivity contribution in [2.45, 2.75) is 51.7 Å². The molecular weight excluding hydrogens is 405 g/mol. The lowest BCUT2D eigenvalue weighted by Gasteiger charge is -2.27. The highest BCUT2D eigenvalue weighted by molar-refractivity contribution is 5.92. The molecule has 4 rings (SSSR count). The lowest BCUT2D eigenvalue weighted by Crippen LogP contribution is -2.26. The highest BCUT2D eigenvalue weighted by Crippen LogP contribution is 2.30. The smallest absolute Gasteiger partial charge is 0.368 e. The third-order valence-electron chi connectivity index (χ3n) is 5.49. The summed E-state index contributed by atoms with van der Waals surface area (Å²) < 4.78 is 39.8. The molecular formula is C23H27F3N4O. The number of rotatable bonds is 3. The molecule has 0 bridgehead atoms. The zero-order valence-corrected chi connectivity index (χ0v) is 17.6. The van der Waals surface area contributed by atoms with Crippen LogP contribution in [0, 0.1) is 12.8 Å². The van der Waals surface area contributed by atoms with Gasteiger partial charge in [-0.05, 0) is 62.8 Å². The van der Waals surface area contributed by atoms with Crippen LogP contribution in [0.2, 0.25) is 0 Å². The average Bonchev–Trinajstić information content (AvgIpc) is 3.17. The van der Waals surface area contributed by atoms with Crippen molar-refractivity contribution < 1.29 is 18.0 Å². The number of nitrogens with two attached hydrogens (primary N) is 1. The van der Waals surface area contributed by atoms with E-state index in [1.165, 1.54) is 4.40 Å². The molecule has 1 saturated carbocycles. The van der Waals surface area contributed by atoms with Gasteiger partial charge in [-0.2, -0.15) is 13.2 Å². The molecule has 2 aromatic heterocycles. The number of aromatic nitrogens is 2. The van der Waals surface area contributed by atoms with Gasteiger partial charge < -0.3 is 11.1 Å². The first kappa shape index (κ1) is 22.7. The molecule has 31 heavy (non-hydrogen) atoms. The molecule has 0 spiro atoms. The van der Waals surface area contributed by atoms with E-state index in [2.05, 4.69) is 17.2 Å². The fourth-order valence-corrected chi connectivity index (χ4v) is 3.60. The molecule has 1 fully saturated rings. The van der Waals surface area contributed by atoms with E-state index in [4.69, 9.17) is 5.73 Å². The molecule has 3 N–H and O–H groups in total. The number of carbonyl (C=O) groups excluding carboxylic acids is 1. The molecule has 5 nitrogen and oxygen atoms in total. The van der Waals surface area contributed by atoms with E-state index in [0.717, 1.165) is 43.4 Å². The Labute approximate surface area is 179 Å². The topological polar surface area (TPSA) is 72.4 Å². The monoisotopic (exact) mass is 432 g/mol. The lowest BCUT2D eigenvalue weighted by molar-refractivity contribution is -0.140. The molecule has 3 aromatic rings. The zero-order chi connectivity index (χ0) is 22.6. The Kier molecular flexibility index (Phi) is 6.87. The van der Waals surface area contributed by atoms with Gasteiger partial charge >= 0.3 is 6.18 Å². The van der Waals surface area contributed by atoms with Crippen molar-refractivity contribution in [1.29, 1.82) is 0 Å². The maximum absolute atomic E-state index is 12.8. The number of benzene rings is 1. The summed E-state index contributed by atoms with van der Waals surface area (Å²) in [5.41, 5.74) is 6.18. The van der Waals surface area contributed by atoms with Crippen molar-refractivity contribution in [2.75, 3.05) is 5.32 Å². The highest BCUT2D eigenvalue weighted by atomic mass is 19.4. The molecule has 0 saturated heterocycles. The number of fused-ring (bicyclic) bond motifs is 1. The molecule has 2 heterocycles. The molecule has 1 aliphatic rings. The molecule has 8 heteroatoms. The maximum Gasteiger partial charge on any atom is 0.434 e. The molecule has 1 aromatic carbocycles. The second-order valence-corrected chi connectivity index (χ2v) is 8.09. The molecule has 166 valence electrons. The van der Waals surface area contributed by atoms with Crippen molar-refractivity contribution in [1.82, 2.24) is 9.38 Å². The molecule has 0 atom stereocenters. The molecule has 0 radical (unpaired) electrons. The first-order chi connectivity index (χ1) is 14.6. The number of anilines is 1. The molecule has 0 aliphatic heterocycles. The van der Waals surface area contributed by atoms with Crippen molar-refractivity contribution in [3.8, 4) is 0 Å². The summed E-state index contributed by atoms with van der Waals surface area (Å²) in [7, 11) is 0. The first-order valence-corrected chi connectivity index (χ1v) is 10.3. The van der Waals surface area contributed by atoms with E-state index in [1.54, 1.807) is 30.3 Å². The van der Waals surface area contributed by atoms with Crippen LogP contribution in [0.5, 0.6) is 0 Å². The SMILES string of the molecule is CC1CCC(Nc2cccc3nc(C(F)(F)F)cn23)CC1.Cc1ccc(C(N)=O)cc1. The summed E-state index contributed by atoms with van der Waals surface area (Å²) in [6, 6.07) is 12.6. The summed E-state index contributed by atoms with van der Waals surface area (Å²) in [4.78, 5) is 14.2. The first-order valence-electron chi connectivity index (χ1n) is 10.3. The van der Waals surface area contributed by atoms with Crippen LogP contribution in [-0.2, 0) is 6.18 Å². The Morgan fingerprint density at radius 2 is 1.74 bits per heavy atom. The van der Waals surface area contributed by atoms with Crippen LogP contribution in [0.15, 0.2) is 48.7 Å². The molecule has 1 amide bonds. The van der Waals surface area contributed by atoms with E-state index >= 15 is 0 Å². The summed E-state index contributed by atoms with van der Waals surface area (Å²) in [5, 5.41) is 3.36. The van der Waals surface area contributed by atoms with Crippen molar-refractivity contribution in [3.05, 3.63) is 65.5 Å². The Hall–Kier alpha value is -3.03. The zero-order valence-electron chi connectivity index (χ0n) is 17.6. The number of nitrogens with one attached hydrogen (secondary N) is 1. The van der Waals surface area contributed by atoms with E-state index in [0.29, 0.717) is 23.1 Å². The second kappa shape index (κ2) is 9.41. The number of hydrogen-bond acceptors (Lipinski definition) is 3. The van der Waals surface area contributed by atoms with Crippen LogP contribution in [0.25, 0.3) is 5.65 Å². The van der Waals surface area contributed by atoms with Crippen LogP contribution < -0.4 is 11.1 Å². The van der Waals surface area contributed by atoms with E-state index in [9.17, 15) is 18.0 Å². The van der Waals surface area contributed by atoms with Gasteiger partial charge in [0, 0.05) is 17.8 Å². The fraction of sp³-hybridized carbons (Fsp3) is 0.391.